The molecule has 2 rings (SSSR count). The van der Waals surface area contributed by atoms with Gasteiger partial charge in [0.25, 0.3) is 0 Å². The molecule has 6 nitrogen and oxygen atoms in total. The molecule has 20 heavy (non-hydrogen) atoms. The fourth-order valence-electron chi connectivity index (χ4n) is 1.58. The first-order valence-corrected chi connectivity index (χ1v) is 6.43. The number of thiophene rings is 1. The van der Waals surface area contributed by atoms with Gasteiger partial charge in [-0.2, -0.15) is 0 Å². The van der Waals surface area contributed by atoms with Gasteiger partial charge in [0.05, 0.1) is 17.6 Å². The molecule has 0 aliphatic heterocycles. The third kappa shape index (κ3) is 3.07. The lowest BCUT2D eigenvalue weighted by Crippen LogP contribution is -2.03. The number of pyridine rings is 1. The SMILES string of the molecule is COC(=O)/C(=C\c1csc([N+](=O)[O-])c1)c1ccncc1. The first-order chi connectivity index (χ1) is 9.61. The minimum atomic E-state index is -0.509. The van der Waals surface area contributed by atoms with Crippen LogP contribution in [-0.2, 0) is 9.53 Å². The van der Waals surface area contributed by atoms with Crippen molar-refractivity contribution in [3.8, 4) is 0 Å². The quantitative estimate of drug-likeness (QED) is 0.374. The number of rotatable bonds is 4. The van der Waals surface area contributed by atoms with Gasteiger partial charge in [-0.3, -0.25) is 15.1 Å². The highest BCUT2D eigenvalue weighted by atomic mass is 32.1. The lowest BCUT2D eigenvalue weighted by Gasteiger charge is -2.04. The van der Waals surface area contributed by atoms with Crippen LogP contribution in [0.4, 0.5) is 5.00 Å². The number of methoxy groups -OCH3 is 1. The lowest BCUT2D eigenvalue weighted by molar-refractivity contribution is -0.380. The number of hydrogen-bond donors (Lipinski definition) is 0. The smallest absolute Gasteiger partial charge is 0.338 e. The van der Waals surface area contributed by atoms with Gasteiger partial charge in [0.15, 0.2) is 0 Å². The van der Waals surface area contributed by atoms with Crippen LogP contribution in [0.25, 0.3) is 11.6 Å². The minimum absolute atomic E-state index is 0.0233. The molecule has 0 aromatic carbocycles. The van der Waals surface area contributed by atoms with Crippen molar-refractivity contribution >= 4 is 34.0 Å². The highest BCUT2D eigenvalue weighted by Gasteiger charge is 2.14. The maximum atomic E-state index is 11.8. The van der Waals surface area contributed by atoms with Crippen LogP contribution in [0, 0.1) is 10.1 Å². The van der Waals surface area contributed by atoms with Gasteiger partial charge in [-0.05, 0) is 29.3 Å². The van der Waals surface area contributed by atoms with Crippen LogP contribution in [0.15, 0.2) is 36.0 Å². The third-order valence-electron chi connectivity index (χ3n) is 2.49. The molecule has 0 fully saturated rings. The first kappa shape index (κ1) is 13.9. The van der Waals surface area contributed by atoms with Gasteiger partial charge < -0.3 is 4.74 Å². The van der Waals surface area contributed by atoms with E-state index in [1.807, 2.05) is 0 Å². The number of aromatic nitrogens is 1. The Morgan fingerprint density at radius 3 is 2.70 bits per heavy atom. The zero-order chi connectivity index (χ0) is 14.5. The molecule has 0 amide bonds. The van der Waals surface area contributed by atoms with Gasteiger partial charge in [-0.15, -0.1) is 0 Å². The molecule has 7 heteroatoms. The molecule has 0 aliphatic carbocycles. The molecule has 0 saturated carbocycles. The Bertz CT molecular complexity index is 664. The molecule has 0 atom stereocenters. The predicted molar refractivity (Wildman–Crippen MR) is 75.1 cm³/mol. The summed E-state index contributed by atoms with van der Waals surface area (Å²) in [6, 6.07) is 4.75. The Morgan fingerprint density at radius 2 is 2.15 bits per heavy atom. The molecule has 2 aromatic heterocycles. The molecule has 0 spiro atoms. The van der Waals surface area contributed by atoms with E-state index in [-0.39, 0.29) is 5.00 Å². The molecular formula is C13H10N2O4S. The van der Waals surface area contributed by atoms with E-state index in [9.17, 15) is 14.9 Å². The van der Waals surface area contributed by atoms with E-state index in [1.165, 1.54) is 13.2 Å². The highest BCUT2D eigenvalue weighted by molar-refractivity contribution is 7.13. The van der Waals surface area contributed by atoms with Crippen molar-refractivity contribution in [1.82, 2.24) is 4.98 Å². The zero-order valence-electron chi connectivity index (χ0n) is 10.5. The molecule has 0 saturated heterocycles. The van der Waals surface area contributed by atoms with E-state index in [0.717, 1.165) is 11.3 Å². The number of hydrogen-bond acceptors (Lipinski definition) is 6. The average Bonchev–Trinajstić information content (AvgIpc) is 2.94. The molecule has 0 radical (unpaired) electrons. The Morgan fingerprint density at radius 1 is 1.45 bits per heavy atom. The highest BCUT2D eigenvalue weighted by Crippen LogP contribution is 2.26. The van der Waals surface area contributed by atoms with Crippen molar-refractivity contribution in [2.75, 3.05) is 7.11 Å². The van der Waals surface area contributed by atoms with Gasteiger partial charge in [-0.25, -0.2) is 4.79 Å². The molecule has 0 unspecified atom stereocenters. The van der Waals surface area contributed by atoms with Crippen molar-refractivity contribution in [2.45, 2.75) is 0 Å². The number of carbonyl (C=O) groups is 1. The van der Waals surface area contributed by atoms with Crippen LogP contribution in [0.3, 0.4) is 0 Å². The Kier molecular flexibility index (Phi) is 4.21. The molecule has 102 valence electrons. The first-order valence-electron chi connectivity index (χ1n) is 5.55. The number of esters is 1. The monoisotopic (exact) mass is 290 g/mol. The normalized spacial score (nSPS) is 11.2. The third-order valence-corrected chi connectivity index (χ3v) is 3.39. The average molecular weight is 290 g/mol. The molecular weight excluding hydrogens is 280 g/mol. The van der Waals surface area contributed by atoms with Gasteiger partial charge in [-0.1, -0.05) is 11.3 Å². The predicted octanol–water partition coefficient (Wildman–Crippen LogP) is 2.76. The van der Waals surface area contributed by atoms with E-state index < -0.39 is 10.9 Å². The summed E-state index contributed by atoms with van der Waals surface area (Å²) in [6.07, 6.45) is 4.68. The summed E-state index contributed by atoms with van der Waals surface area (Å²) >= 11 is 1.01. The van der Waals surface area contributed by atoms with Gasteiger partial charge in [0, 0.05) is 23.8 Å². The van der Waals surface area contributed by atoms with Crippen molar-refractivity contribution in [3.05, 3.63) is 57.2 Å². The number of nitro groups is 1. The maximum absolute atomic E-state index is 11.8. The summed E-state index contributed by atoms with van der Waals surface area (Å²) in [4.78, 5) is 25.9. The molecule has 0 bridgehead atoms. The summed E-state index contributed by atoms with van der Waals surface area (Å²) in [5.41, 5.74) is 1.54. The second-order valence-corrected chi connectivity index (χ2v) is 4.65. The van der Waals surface area contributed by atoms with Crippen molar-refractivity contribution in [2.24, 2.45) is 0 Å². The van der Waals surface area contributed by atoms with Gasteiger partial charge >= 0.3 is 11.0 Å². The van der Waals surface area contributed by atoms with E-state index >= 15 is 0 Å². The Hall–Kier alpha value is -2.54. The van der Waals surface area contributed by atoms with E-state index in [4.69, 9.17) is 4.74 Å². The molecule has 2 heterocycles. The fraction of sp³-hybridized carbons (Fsp3) is 0.0769. The second kappa shape index (κ2) is 6.07. The molecule has 0 aliphatic rings. The summed E-state index contributed by atoms with van der Waals surface area (Å²) in [6.45, 7) is 0. The van der Waals surface area contributed by atoms with Crippen molar-refractivity contribution in [3.63, 3.8) is 0 Å². The van der Waals surface area contributed by atoms with Crippen LogP contribution in [0.2, 0.25) is 0 Å². The zero-order valence-corrected chi connectivity index (χ0v) is 11.3. The van der Waals surface area contributed by atoms with Crippen LogP contribution in [0.1, 0.15) is 11.1 Å². The van der Waals surface area contributed by atoms with E-state index in [1.54, 1.807) is 36.0 Å². The van der Waals surface area contributed by atoms with Gasteiger partial charge in [0.2, 0.25) is 0 Å². The standard InChI is InChI=1S/C13H10N2O4S/c1-19-13(16)11(10-2-4-14-5-3-10)6-9-7-12(15(17)18)20-8-9/h2-8H,1H3/b11-6-. The minimum Gasteiger partial charge on any atom is -0.465 e. The number of nitrogens with zero attached hydrogens (tertiary/aromatic N) is 2. The molecule has 2 aromatic rings. The van der Waals surface area contributed by atoms with Crippen molar-refractivity contribution in [1.29, 1.82) is 0 Å². The topological polar surface area (TPSA) is 82.3 Å². The largest absolute Gasteiger partial charge is 0.465 e. The van der Waals surface area contributed by atoms with E-state index in [2.05, 4.69) is 4.98 Å². The fourth-order valence-corrected chi connectivity index (χ4v) is 2.26. The van der Waals surface area contributed by atoms with Crippen molar-refractivity contribution < 1.29 is 14.5 Å². The molecule has 0 N–H and O–H groups in total. The number of ether oxygens (including phenoxy) is 1. The Labute approximate surface area is 118 Å². The summed E-state index contributed by atoms with van der Waals surface area (Å²) in [5.74, 6) is -0.509. The maximum Gasteiger partial charge on any atom is 0.338 e. The Balaban J connectivity index is 2.43. The van der Waals surface area contributed by atoms with Crippen LogP contribution in [0.5, 0.6) is 0 Å². The van der Waals surface area contributed by atoms with E-state index in [0.29, 0.717) is 16.7 Å². The number of carbonyl (C=O) groups excluding carboxylic acids is 1. The second-order valence-electron chi connectivity index (χ2n) is 3.76. The van der Waals surface area contributed by atoms with Gasteiger partial charge in [0.1, 0.15) is 0 Å². The van der Waals surface area contributed by atoms with Crippen LogP contribution < -0.4 is 0 Å². The van der Waals surface area contributed by atoms with Crippen LogP contribution in [-0.4, -0.2) is 23.0 Å². The summed E-state index contributed by atoms with van der Waals surface area (Å²) in [5, 5.41) is 12.3. The summed E-state index contributed by atoms with van der Waals surface area (Å²) < 4.78 is 4.74. The summed E-state index contributed by atoms with van der Waals surface area (Å²) in [7, 11) is 1.29. The van der Waals surface area contributed by atoms with Crippen LogP contribution >= 0.6 is 11.3 Å². The lowest BCUT2D eigenvalue weighted by atomic mass is 10.1.